The summed E-state index contributed by atoms with van der Waals surface area (Å²) in [5, 5.41) is 0. The first-order chi connectivity index (χ1) is 9.58. The number of ether oxygens (including phenoxy) is 1. The van der Waals surface area contributed by atoms with Gasteiger partial charge in [-0.2, -0.15) is 0 Å². The molecule has 2 heteroatoms. The summed E-state index contributed by atoms with van der Waals surface area (Å²) in [6.45, 7) is 10.2. The van der Waals surface area contributed by atoms with E-state index >= 15 is 0 Å². The van der Waals surface area contributed by atoms with E-state index in [1.54, 1.807) is 6.92 Å². The Hall–Kier alpha value is -1.31. The summed E-state index contributed by atoms with van der Waals surface area (Å²) >= 11 is 0. The lowest BCUT2D eigenvalue weighted by atomic mass is 10.2. The molecule has 1 aromatic rings. The quantitative estimate of drug-likeness (QED) is 0.523. The zero-order valence-electron chi connectivity index (χ0n) is 13.9. The van der Waals surface area contributed by atoms with Gasteiger partial charge in [0.1, 0.15) is 0 Å². The Labute approximate surface area is 125 Å². The molecule has 2 nitrogen and oxygen atoms in total. The lowest BCUT2D eigenvalue weighted by Crippen LogP contribution is -1.95. The molecule has 0 spiro atoms. The number of benzene rings is 1. The SMILES string of the molecule is CCCCCCC.CCOC(C)=O.Cc1ccccc1. The molecule has 1 rings (SSSR count). The average molecular weight is 280 g/mol. The van der Waals surface area contributed by atoms with Gasteiger partial charge in [-0.3, -0.25) is 4.79 Å². The second-order valence-electron chi connectivity index (χ2n) is 4.64. The maximum absolute atomic E-state index is 9.82. The number of rotatable bonds is 5. The van der Waals surface area contributed by atoms with Crippen LogP contribution in [0, 0.1) is 6.92 Å². The van der Waals surface area contributed by atoms with E-state index in [2.05, 4.69) is 37.6 Å². The van der Waals surface area contributed by atoms with Gasteiger partial charge >= 0.3 is 5.97 Å². The molecule has 0 heterocycles. The van der Waals surface area contributed by atoms with Crippen molar-refractivity contribution < 1.29 is 9.53 Å². The van der Waals surface area contributed by atoms with Crippen LogP contribution in [0.15, 0.2) is 30.3 Å². The molecule has 0 aliphatic rings. The van der Waals surface area contributed by atoms with Gasteiger partial charge < -0.3 is 4.74 Å². The smallest absolute Gasteiger partial charge is 0.302 e. The van der Waals surface area contributed by atoms with Gasteiger partial charge in [-0.05, 0) is 13.8 Å². The highest BCUT2D eigenvalue weighted by Crippen LogP contribution is 2.00. The molecule has 0 aliphatic carbocycles. The van der Waals surface area contributed by atoms with Gasteiger partial charge in [0.25, 0.3) is 0 Å². The molecule has 0 radical (unpaired) electrons. The van der Waals surface area contributed by atoms with E-state index in [0.29, 0.717) is 6.61 Å². The first-order valence-electron chi connectivity index (χ1n) is 7.73. The van der Waals surface area contributed by atoms with Gasteiger partial charge in [-0.25, -0.2) is 0 Å². The lowest BCUT2D eigenvalue weighted by molar-refractivity contribution is -0.140. The van der Waals surface area contributed by atoms with Crippen LogP contribution in [0.2, 0.25) is 0 Å². The van der Waals surface area contributed by atoms with Crippen LogP contribution in [-0.2, 0) is 9.53 Å². The van der Waals surface area contributed by atoms with Crippen LogP contribution in [0.25, 0.3) is 0 Å². The molecule has 0 atom stereocenters. The van der Waals surface area contributed by atoms with E-state index in [1.807, 2.05) is 18.2 Å². The third-order valence-electron chi connectivity index (χ3n) is 2.50. The third kappa shape index (κ3) is 21.9. The first kappa shape index (κ1) is 21.0. The summed E-state index contributed by atoms with van der Waals surface area (Å²) < 4.78 is 4.40. The summed E-state index contributed by atoms with van der Waals surface area (Å²) in [7, 11) is 0. The van der Waals surface area contributed by atoms with E-state index in [-0.39, 0.29) is 5.97 Å². The van der Waals surface area contributed by atoms with Crippen molar-refractivity contribution in [1.82, 2.24) is 0 Å². The highest BCUT2D eigenvalue weighted by Gasteiger charge is 1.81. The van der Waals surface area contributed by atoms with Gasteiger partial charge in [0.05, 0.1) is 6.61 Å². The standard InChI is InChI=1S/C7H8.C7H16.C4H8O2/c1-7-5-3-2-4-6-7;1-3-5-7-6-4-2;1-3-6-4(2)5/h2-6H,1H3;3-7H2,1-2H3;3H2,1-2H3. The average Bonchev–Trinajstić information content (AvgIpc) is 2.41. The fourth-order valence-electron chi connectivity index (χ4n) is 1.41. The van der Waals surface area contributed by atoms with Crippen molar-refractivity contribution in [3.05, 3.63) is 35.9 Å². The normalized spacial score (nSPS) is 8.65. The Bertz CT molecular complexity index is 290. The molecule has 0 saturated carbocycles. The molecule has 0 unspecified atom stereocenters. The minimum absolute atomic E-state index is 0.211. The van der Waals surface area contributed by atoms with Crippen LogP contribution in [-0.4, -0.2) is 12.6 Å². The van der Waals surface area contributed by atoms with E-state index in [4.69, 9.17) is 0 Å². The highest BCUT2D eigenvalue weighted by molar-refractivity contribution is 5.65. The molecule has 1 aromatic carbocycles. The Morgan fingerprint density at radius 2 is 1.45 bits per heavy atom. The van der Waals surface area contributed by atoms with Crippen molar-refractivity contribution >= 4 is 5.97 Å². The van der Waals surface area contributed by atoms with Gasteiger partial charge in [-0.15, -0.1) is 0 Å². The molecule has 0 fully saturated rings. The Balaban J connectivity index is 0. The van der Waals surface area contributed by atoms with Gasteiger partial charge in [0, 0.05) is 6.92 Å². The Morgan fingerprint density at radius 3 is 1.65 bits per heavy atom. The molecular formula is C18H32O2. The van der Waals surface area contributed by atoms with Crippen LogP contribution in [0.3, 0.4) is 0 Å². The maximum Gasteiger partial charge on any atom is 0.302 e. The molecule has 0 aromatic heterocycles. The predicted octanol–water partition coefficient (Wildman–Crippen LogP) is 5.54. The fraction of sp³-hybridized carbons (Fsp3) is 0.611. The number of hydrogen-bond acceptors (Lipinski definition) is 2. The summed E-state index contributed by atoms with van der Waals surface area (Å²) in [4.78, 5) is 9.82. The van der Waals surface area contributed by atoms with E-state index < -0.39 is 0 Å². The molecule has 0 bridgehead atoms. The van der Waals surface area contributed by atoms with Crippen molar-refractivity contribution in [1.29, 1.82) is 0 Å². The molecular weight excluding hydrogens is 248 g/mol. The van der Waals surface area contributed by atoms with E-state index in [9.17, 15) is 4.79 Å². The van der Waals surface area contributed by atoms with Crippen LogP contribution in [0.4, 0.5) is 0 Å². The molecule has 0 N–H and O–H groups in total. The molecule has 20 heavy (non-hydrogen) atoms. The van der Waals surface area contributed by atoms with E-state index in [1.165, 1.54) is 44.6 Å². The third-order valence-corrected chi connectivity index (χ3v) is 2.50. The van der Waals surface area contributed by atoms with Crippen molar-refractivity contribution in [2.24, 2.45) is 0 Å². The monoisotopic (exact) mass is 280 g/mol. The number of carbonyl (C=O) groups excluding carboxylic acids is 1. The minimum Gasteiger partial charge on any atom is -0.466 e. The zero-order chi connectivity index (χ0) is 15.6. The Kier molecular flexibility index (Phi) is 18.6. The molecule has 0 amide bonds. The topological polar surface area (TPSA) is 26.3 Å². The van der Waals surface area contributed by atoms with Crippen molar-refractivity contribution in [2.75, 3.05) is 6.61 Å². The minimum atomic E-state index is -0.211. The fourth-order valence-corrected chi connectivity index (χ4v) is 1.41. The first-order valence-corrected chi connectivity index (χ1v) is 7.73. The van der Waals surface area contributed by atoms with Crippen molar-refractivity contribution in [3.63, 3.8) is 0 Å². The second kappa shape index (κ2) is 17.7. The molecule has 116 valence electrons. The van der Waals surface area contributed by atoms with E-state index in [0.717, 1.165) is 0 Å². The largest absolute Gasteiger partial charge is 0.466 e. The molecule has 0 saturated heterocycles. The summed E-state index contributed by atoms with van der Waals surface area (Å²) in [6.07, 6.45) is 7.01. The number of hydrogen-bond donors (Lipinski definition) is 0. The van der Waals surface area contributed by atoms with Crippen LogP contribution < -0.4 is 0 Å². The number of aryl methyl sites for hydroxylation is 1. The summed E-state index contributed by atoms with van der Waals surface area (Å²) in [5.74, 6) is -0.211. The molecule has 0 aliphatic heterocycles. The Morgan fingerprint density at radius 1 is 0.950 bits per heavy atom. The van der Waals surface area contributed by atoms with Crippen molar-refractivity contribution in [2.45, 2.75) is 66.7 Å². The van der Waals surface area contributed by atoms with Gasteiger partial charge in [0.15, 0.2) is 0 Å². The highest BCUT2D eigenvalue weighted by atomic mass is 16.5. The van der Waals surface area contributed by atoms with Crippen LogP contribution >= 0.6 is 0 Å². The lowest BCUT2D eigenvalue weighted by Gasteiger charge is -1.90. The second-order valence-corrected chi connectivity index (χ2v) is 4.64. The number of esters is 1. The predicted molar refractivity (Wildman–Crippen MR) is 87.9 cm³/mol. The number of carbonyl (C=O) groups is 1. The summed E-state index contributed by atoms with van der Waals surface area (Å²) in [5.41, 5.74) is 1.32. The van der Waals surface area contributed by atoms with Gasteiger partial charge in [0.2, 0.25) is 0 Å². The summed E-state index contributed by atoms with van der Waals surface area (Å²) in [6, 6.07) is 10.3. The van der Waals surface area contributed by atoms with Crippen LogP contribution in [0.1, 0.15) is 65.4 Å². The van der Waals surface area contributed by atoms with Crippen molar-refractivity contribution in [3.8, 4) is 0 Å². The number of unbranched alkanes of at least 4 members (excludes halogenated alkanes) is 4. The zero-order valence-corrected chi connectivity index (χ0v) is 13.9. The maximum atomic E-state index is 9.82. The van der Waals surface area contributed by atoms with Crippen LogP contribution in [0.5, 0.6) is 0 Å². The van der Waals surface area contributed by atoms with Gasteiger partial charge in [-0.1, -0.05) is 81.8 Å².